The molecule has 1 saturated carbocycles. The van der Waals surface area contributed by atoms with Gasteiger partial charge in [0.15, 0.2) is 0 Å². The van der Waals surface area contributed by atoms with Crippen LogP contribution in [0.3, 0.4) is 0 Å². The van der Waals surface area contributed by atoms with Gasteiger partial charge in [-0.15, -0.1) is 0 Å². The number of rotatable bonds is 4. The average Bonchev–Trinajstić information content (AvgIpc) is 3.01. The molecule has 3 heteroatoms. The highest BCUT2D eigenvalue weighted by molar-refractivity contribution is 5.76. The van der Waals surface area contributed by atoms with Crippen LogP contribution < -0.4 is 5.32 Å². The molecular weight excluding hydrogens is 188 g/mol. The molecule has 1 amide bonds. The second-order valence-corrected chi connectivity index (χ2v) is 5.20. The molecule has 0 aromatic carbocycles. The Balaban J connectivity index is 1.58. The Morgan fingerprint density at radius 1 is 1.20 bits per heavy atom. The smallest absolute Gasteiger partial charge is 0.220 e. The highest BCUT2D eigenvalue weighted by atomic mass is 16.1. The Kier molecular flexibility index (Phi) is 3.62. The highest BCUT2D eigenvalue weighted by Crippen LogP contribution is 2.32. The number of hydrogen-bond donors (Lipinski definition) is 1. The van der Waals surface area contributed by atoms with Gasteiger partial charge in [-0.2, -0.15) is 0 Å². The van der Waals surface area contributed by atoms with Gasteiger partial charge in [-0.25, -0.2) is 0 Å². The van der Waals surface area contributed by atoms with Crippen molar-refractivity contribution in [1.82, 2.24) is 10.2 Å². The summed E-state index contributed by atoms with van der Waals surface area (Å²) in [5, 5.41) is 3.08. The van der Waals surface area contributed by atoms with Crippen LogP contribution in [0, 0.1) is 11.8 Å². The summed E-state index contributed by atoms with van der Waals surface area (Å²) in [4.78, 5) is 13.8. The first kappa shape index (κ1) is 10.9. The Labute approximate surface area is 92.2 Å². The van der Waals surface area contributed by atoms with Crippen molar-refractivity contribution < 1.29 is 4.79 Å². The van der Waals surface area contributed by atoms with E-state index in [1.165, 1.54) is 38.8 Å². The van der Waals surface area contributed by atoms with E-state index in [1.807, 2.05) is 0 Å². The third-order valence-electron chi connectivity index (χ3n) is 3.60. The van der Waals surface area contributed by atoms with Crippen LogP contribution in [-0.4, -0.2) is 37.5 Å². The zero-order valence-electron chi connectivity index (χ0n) is 9.67. The minimum absolute atomic E-state index is 0.274. The fraction of sp³-hybridized carbons (Fsp3) is 0.917. The van der Waals surface area contributed by atoms with Crippen molar-refractivity contribution in [3.8, 4) is 0 Å². The maximum atomic E-state index is 11.5. The Hall–Kier alpha value is -0.570. The van der Waals surface area contributed by atoms with Gasteiger partial charge in [-0.1, -0.05) is 0 Å². The molecule has 1 saturated heterocycles. The van der Waals surface area contributed by atoms with E-state index in [0.29, 0.717) is 11.8 Å². The standard InChI is InChI=1S/C12H22N2O/c1-14-6-4-11(5-7-14)9-13-12(15)8-10-2-3-10/h10-11H,2-9H2,1H3,(H,13,15). The van der Waals surface area contributed by atoms with Crippen molar-refractivity contribution >= 4 is 5.91 Å². The van der Waals surface area contributed by atoms with Gasteiger partial charge in [0.25, 0.3) is 0 Å². The van der Waals surface area contributed by atoms with E-state index in [1.54, 1.807) is 0 Å². The molecule has 3 nitrogen and oxygen atoms in total. The van der Waals surface area contributed by atoms with Gasteiger partial charge in [0.2, 0.25) is 5.91 Å². The lowest BCUT2D eigenvalue weighted by molar-refractivity contribution is -0.121. The first-order chi connectivity index (χ1) is 7.24. The molecule has 86 valence electrons. The molecule has 0 radical (unpaired) electrons. The Bertz CT molecular complexity index is 218. The summed E-state index contributed by atoms with van der Waals surface area (Å²) in [5.74, 6) is 1.70. The van der Waals surface area contributed by atoms with Crippen molar-refractivity contribution in [2.45, 2.75) is 32.1 Å². The van der Waals surface area contributed by atoms with Crippen molar-refractivity contribution in [2.24, 2.45) is 11.8 Å². The summed E-state index contributed by atoms with van der Waals surface area (Å²) in [6.07, 6.45) is 5.77. The van der Waals surface area contributed by atoms with Crippen LogP contribution in [0.5, 0.6) is 0 Å². The van der Waals surface area contributed by atoms with Gasteiger partial charge in [-0.05, 0) is 57.7 Å². The van der Waals surface area contributed by atoms with Crippen molar-refractivity contribution in [3.05, 3.63) is 0 Å². The van der Waals surface area contributed by atoms with Crippen molar-refractivity contribution in [2.75, 3.05) is 26.7 Å². The summed E-state index contributed by atoms with van der Waals surface area (Å²) in [7, 11) is 2.17. The number of amides is 1. The zero-order chi connectivity index (χ0) is 10.7. The number of likely N-dealkylation sites (tertiary alicyclic amines) is 1. The lowest BCUT2D eigenvalue weighted by Gasteiger charge is -2.28. The first-order valence-electron chi connectivity index (χ1n) is 6.19. The molecular formula is C12H22N2O. The third-order valence-corrected chi connectivity index (χ3v) is 3.60. The molecule has 1 N–H and O–H groups in total. The summed E-state index contributed by atoms with van der Waals surface area (Å²) in [6.45, 7) is 3.27. The molecule has 1 heterocycles. The lowest BCUT2D eigenvalue weighted by atomic mass is 9.97. The van der Waals surface area contributed by atoms with Crippen LogP contribution >= 0.6 is 0 Å². The lowest BCUT2D eigenvalue weighted by Crippen LogP contribution is -2.36. The predicted octanol–water partition coefficient (Wildman–Crippen LogP) is 1.24. The molecule has 0 aromatic rings. The Morgan fingerprint density at radius 3 is 2.47 bits per heavy atom. The van der Waals surface area contributed by atoms with E-state index in [4.69, 9.17) is 0 Å². The minimum Gasteiger partial charge on any atom is -0.356 e. The summed E-state index contributed by atoms with van der Waals surface area (Å²) in [6, 6.07) is 0. The molecule has 2 aliphatic rings. The van der Waals surface area contributed by atoms with Gasteiger partial charge >= 0.3 is 0 Å². The molecule has 0 unspecified atom stereocenters. The van der Waals surface area contributed by atoms with E-state index in [9.17, 15) is 4.79 Å². The number of carbonyl (C=O) groups is 1. The van der Waals surface area contributed by atoms with E-state index in [0.717, 1.165) is 13.0 Å². The molecule has 0 aromatic heterocycles. The zero-order valence-corrected chi connectivity index (χ0v) is 9.67. The monoisotopic (exact) mass is 210 g/mol. The summed E-state index contributed by atoms with van der Waals surface area (Å²) >= 11 is 0. The van der Waals surface area contributed by atoms with Crippen LogP contribution in [0.1, 0.15) is 32.1 Å². The topological polar surface area (TPSA) is 32.3 Å². The molecule has 15 heavy (non-hydrogen) atoms. The second-order valence-electron chi connectivity index (χ2n) is 5.20. The third kappa shape index (κ3) is 3.82. The van der Waals surface area contributed by atoms with Gasteiger partial charge in [0.1, 0.15) is 0 Å². The van der Waals surface area contributed by atoms with E-state index in [-0.39, 0.29) is 5.91 Å². The normalized spacial score (nSPS) is 24.1. The molecule has 2 fully saturated rings. The van der Waals surface area contributed by atoms with Crippen LogP contribution in [0.2, 0.25) is 0 Å². The van der Waals surface area contributed by atoms with Crippen LogP contribution in [0.25, 0.3) is 0 Å². The predicted molar refractivity (Wildman–Crippen MR) is 60.6 cm³/mol. The maximum absolute atomic E-state index is 11.5. The molecule has 1 aliphatic carbocycles. The van der Waals surface area contributed by atoms with Crippen molar-refractivity contribution in [1.29, 1.82) is 0 Å². The van der Waals surface area contributed by atoms with Crippen LogP contribution in [0.15, 0.2) is 0 Å². The van der Waals surface area contributed by atoms with Crippen LogP contribution in [0.4, 0.5) is 0 Å². The fourth-order valence-corrected chi connectivity index (χ4v) is 2.18. The maximum Gasteiger partial charge on any atom is 0.220 e. The van der Waals surface area contributed by atoms with E-state index >= 15 is 0 Å². The van der Waals surface area contributed by atoms with Crippen molar-refractivity contribution in [3.63, 3.8) is 0 Å². The van der Waals surface area contributed by atoms with E-state index in [2.05, 4.69) is 17.3 Å². The van der Waals surface area contributed by atoms with Gasteiger partial charge in [-0.3, -0.25) is 4.79 Å². The number of nitrogens with one attached hydrogen (secondary N) is 1. The highest BCUT2D eigenvalue weighted by Gasteiger charge is 2.24. The molecule has 0 spiro atoms. The fourth-order valence-electron chi connectivity index (χ4n) is 2.18. The average molecular weight is 210 g/mol. The van der Waals surface area contributed by atoms with E-state index < -0.39 is 0 Å². The van der Waals surface area contributed by atoms with Gasteiger partial charge < -0.3 is 10.2 Å². The first-order valence-corrected chi connectivity index (χ1v) is 6.19. The molecule has 0 atom stereocenters. The largest absolute Gasteiger partial charge is 0.356 e. The van der Waals surface area contributed by atoms with Gasteiger partial charge in [0.05, 0.1) is 0 Å². The number of piperidine rings is 1. The number of carbonyl (C=O) groups excluding carboxylic acids is 1. The molecule has 2 rings (SSSR count). The Morgan fingerprint density at radius 2 is 1.87 bits per heavy atom. The minimum atomic E-state index is 0.274. The van der Waals surface area contributed by atoms with Crippen LogP contribution in [-0.2, 0) is 4.79 Å². The summed E-state index contributed by atoms with van der Waals surface area (Å²) < 4.78 is 0. The molecule has 1 aliphatic heterocycles. The quantitative estimate of drug-likeness (QED) is 0.757. The summed E-state index contributed by atoms with van der Waals surface area (Å²) in [5.41, 5.74) is 0. The second kappa shape index (κ2) is 4.97. The van der Waals surface area contributed by atoms with Gasteiger partial charge in [0, 0.05) is 13.0 Å². The SMILES string of the molecule is CN1CCC(CNC(=O)CC2CC2)CC1. The number of hydrogen-bond acceptors (Lipinski definition) is 2. The number of nitrogens with zero attached hydrogens (tertiary/aromatic N) is 1. The molecule has 0 bridgehead atoms.